The van der Waals surface area contributed by atoms with Gasteiger partial charge in [0.25, 0.3) is 0 Å². The predicted molar refractivity (Wildman–Crippen MR) is 123 cm³/mol. The van der Waals surface area contributed by atoms with Crippen LogP contribution in [0.15, 0.2) is 58.3 Å². The fourth-order valence-corrected chi connectivity index (χ4v) is 4.08. The van der Waals surface area contributed by atoms with Crippen LogP contribution in [0.5, 0.6) is 0 Å². The fraction of sp³-hybridized carbons (Fsp3) is 0.462. The zero-order valence-corrected chi connectivity index (χ0v) is 18.7. The first-order valence-electron chi connectivity index (χ1n) is 11.1. The van der Waals surface area contributed by atoms with Crippen molar-refractivity contribution in [3.8, 4) is 0 Å². The van der Waals surface area contributed by atoms with E-state index in [0.717, 1.165) is 46.6 Å². The Bertz CT molecular complexity index is 682. The molecule has 0 aliphatic carbocycles. The lowest BCUT2D eigenvalue weighted by atomic mass is 10.0. The van der Waals surface area contributed by atoms with Crippen LogP contribution in [0.1, 0.15) is 98.8 Å². The maximum absolute atomic E-state index is 12.3. The highest BCUT2D eigenvalue weighted by Crippen LogP contribution is 2.28. The van der Waals surface area contributed by atoms with Gasteiger partial charge in [0.2, 0.25) is 0 Å². The first kappa shape index (κ1) is 23.4. The minimum absolute atomic E-state index is 0.236. The summed E-state index contributed by atoms with van der Waals surface area (Å²) in [6, 6.07) is 15.8. The number of carbonyl (C=O) groups excluding carboxylic acids is 2. The molecule has 0 saturated carbocycles. The van der Waals surface area contributed by atoms with E-state index >= 15 is 0 Å². The van der Waals surface area contributed by atoms with Crippen molar-refractivity contribution in [1.29, 1.82) is 0 Å². The minimum atomic E-state index is 0.236. The standard InChI is InChI=1S/C26H34O2S/c1-3-5-7-9-11-25(27)21-13-17-23(18-14-21)29-24-19-15-22(16-20-24)26(28)12-10-8-6-4-2/h13-20H,3-12H2,1-2H3. The van der Waals surface area contributed by atoms with Gasteiger partial charge in [0.05, 0.1) is 0 Å². The second-order valence-corrected chi connectivity index (χ2v) is 8.77. The monoisotopic (exact) mass is 410 g/mol. The van der Waals surface area contributed by atoms with Crippen molar-refractivity contribution in [2.24, 2.45) is 0 Å². The largest absolute Gasteiger partial charge is 0.294 e. The molecule has 2 aromatic carbocycles. The molecule has 2 nitrogen and oxygen atoms in total. The van der Waals surface area contributed by atoms with Gasteiger partial charge in [-0.2, -0.15) is 0 Å². The van der Waals surface area contributed by atoms with E-state index in [-0.39, 0.29) is 11.6 Å². The molecule has 0 saturated heterocycles. The molecular formula is C26H34O2S. The first-order valence-corrected chi connectivity index (χ1v) is 11.9. The summed E-state index contributed by atoms with van der Waals surface area (Å²) < 4.78 is 0. The van der Waals surface area contributed by atoms with E-state index in [1.54, 1.807) is 11.8 Å². The van der Waals surface area contributed by atoms with Crippen molar-refractivity contribution in [1.82, 2.24) is 0 Å². The molecule has 0 amide bonds. The van der Waals surface area contributed by atoms with Crippen LogP contribution in [-0.2, 0) is 0 Å². The molecule has 0 spiro atoms. The fourth-order valence-electron chi connectivity index (χ4n) is 3.27. The Morgan fingerprint density at radius 1 is 0.586 bits per heavy atom. The average Bonchev–Trinajstić information content (AvgIpc) is 2.75. The molecule has 0 bridgehead atoms. The number of Topliss-reactive ketones (excluding diaryl/α,β-unsaturated/α-hetero) is 2. The number of hydrogen-bond donors (Lipinski definition) is 0. The third-order valence-corrected chi connectivity index (χ3v) is 6.12. The molecular weight excluding hydrogens is 376 g/mol. The second-order valence-electron chi connectivity index (χ2n) is 7.62. The van der Waals surface area contributed by atoms with E-state index in [4.69, 9.17) is 0 Å². The molecule has 0 radical (unpaired) electrons. The molecule has 0 atom stereocenters. The van der Waals surface area contributed by atoms with Crippen molar-refractivity contribution < 1.29 is 9.59 Å². The average molecular weight is 411 g/mol. The van der Waals surface area contributed by atoms with E-state index in [2.05, 4.69) is 13.8 Å². The number of rotatable bonds is 14. The van der Waals surface area contributed by atoms with E-state index in [1.165, 1.54) is 25.7 Å². The van der Waals surface area contributed by atoms with E-state index in [1.807, 2.05) is 48.5 Å². The second kappa shape index (κ2) is 13.4. The highest BCUT2D eigenvalue weighted by atomic mass is 32.2. The maximum atomic E-state index is 12.3. The van der Waals surface area contributed by atoms with Crippen molar-refractivity contribution in [2.45, 2.75) is 87.8 Å². The van der Waals surface area contributed by atoms with Gasteiger partial charge in [-0.1, -0.05) is 88.4 Å². The summed E-state index contributed by atoms with van der Waals surface area (Å²) >= 11 is 1.65. The van der Waals surface area contributed by atoms with Crippen LogP contribution in [0.2, 0.25) is 0 Å². The molecule has 0 heterocycles. The topological polar surface area (TPSA) is 34.1 Å². The van der Waals surface area contributed by atoms with Gasteiger partial charge >= 0.3 is 0 Å². The molecule has 0 aliphatic rings. The molecule has 2 aromatic rings. The van der Waals surface area contributed by atoms with Crippen LogP contribution in [0.25, 0.3) is 0 Å². The normalized spacial score (nSPS) is 10.8. The smallest absolute Gasteiger partial charge is 0.162 e. The van der Waals surface area contributed by atoms with Gasteiger partial charge < -0.3 is 0 Å². The quantitative estimate of drug-likeness (QED) is 0.233. The summed E-state index contributed by atoms with van der Waals surface area (Å²) in [4.78, 5) is 26.7. The number of benzene rings is 2. The molecule has 0 N–H and O–H groups in total. The molecule has 0 fully saturated rings. The molecule has 2 rings (SSSR count). The van der Waals surface area contributed by atoms with E-state index in [0.29, 0.717) is 12.8 Å². The third kappa shape index (κ3) is 8.57. The molecule has 3 heteroatoms. The number of carbonyl (C=O) groups is 2. The Hall–Kier alpha value is -1.87. The molecule has 29 heavy (non-hydrogen) atoms. The van der Waals surface area contributed by atoms with Crippen LogP contribution in [-0.4, -0.2) is 11.6 Å². The predicted octanol–water partition coefficient (Wildman–Crippen LogP) is 8.14. The molecule has 156 valence electrons. The SMILES string of the molecule is CCCCCCC(=O)c1ccc(Sc2ccc(C(=O)CCCCCC)cc2)cc1. The molecule has 0 aliphatic heterocycles. The van der Waals surface area contributed by atoms with Crippen LogP contribution < -0.4 is 0 Å². The van der Waals surface area contributed by atoms with E-state index < -0.39 is 0 Å². The Morgan fingerprint density at radius 2 is 0.966 bits per heavy atom. The minimum Gasteiger partial charge on any atom is -0.294 e. The van der Waals surface area contributed by atoms with Crippen LogP contribution in [0, 0.1) is 0 Å². The van der Waals surface area contributed by atoms with Crippen LogP contribution >= 0.6 is 11.8 Å². The van der Waals surface area contributed by atoms with Crippen LogP contribution in [0.3, 0.4) is 0 Å². The van der Waals surface area contributed by atoms with Crippen LogP contribution in [0.4, 0.5) is 0 Å². The molecule has 0 aromatic heterocycles. The summed E-state index contributed by atoms with van der Waals surface area (Å²) in [5.74, 6) is 0.471. The summed E-state index contributed by atoms with van der Waals surface area (Å²) in [6.45, 7) is 4.36. The van der Waals surface area contributed by atoms with Gasteiger partial charge in [0.15, 0.2) is 11.6 Å². The van der Waals surface area contributed by atoms with Gasteiger partial charge in [-0.3, -0.25) is 9.59 Å². The van der Waals surface area contributed by atoms with Gasteiger partial charge in [-0.15, -0.1) is 0 Å². The lowest BCUT2D eigenvalue weighted by Crippen LogP contribution is -1.99. The zero-order valence-electron chi connectivity index (χ0n) is 17.9. The van der Waals surface area contributed by atoms with E-state index in [9.17, 15) is 9.59 Å². The summed E-state index contributed by atoms with van der Waals surface area (Å²) in [5, 5.41) is 0. The molecule has 0 unspecified atom stereocenters. The van der Waals surface area contributed by atoms with Crippen molar-refractivity contribution in [2.75, 3.05) is 0 Å². The van der Waals surface area contributed by atoms with Gasteiger partial charge in [-0.25, -0.2) is 0 Å². The Morgan fingerprint density at radius 3 is 1.31 bits per heavy atom. The van der Waals surface area contributed by atoms with Crippen molar-refractivity contribution in [3.63, 3.8) is 0 Å². The highest BCUT2D eigenvalue weighted by Gasteiger charge is 2.08. The summed E-state index contributed by atoms with van der Waals surface area (Å²) in [5.41, 5.74) is 1.60. The summed E-state index contributed by atoms with van der Waals surface area (Å²) in [7, 11) is 0. The Labute approximate surface area is 180 Å². The third-order valence-electron chi connectivity index (χ3n) is 5.10. The number of ketones is 2. The lowest BCUT2D eigenvalue weighted by molar-refractivity contribution is 0.0971. The van der Waals surface area contributed by atoms with Crippen molar-refractivity contribution >= 4 is 23.3 Å². The lowest BCUT2D eigenvalue weighted by Gasteiger charge is -2.06. The number of unbranched alkanes of at least 4 members (excludes halogenated alkanes) is 6. The van der Waals surface area contributed by atoms with Gasteiger partial charge in [0, 0.05) is 33.8 Å². The summed E-state index contributed by atoms with van der Waals surface area (Å²) in [6.07, 6.45) is 10.3. The number of hydrogen-bond acceptors (Lipinski definition) is 3. The highest BCUT2D eigenvalue weighted by molar-refractivity contribution is 7.99. The van der Waals surface area contributed by atoms with Gasteiger partial charge in [-0.05, 0) is 37.1 Å². The van der Waals surface area contributed by atoms with Crippen molar-refractivity contribution in [3.05, 3.63) is 59.7 Å². The van der Waals surface area contributed by atoms with Gasteiger partial charge in [0.1, 0.15) is 0 Å². The first-order chi connectivity index (χ1) is 14.1. The maximum Gasteiger partial charge on any atom is 0.162 e. The Kier molecular flexibility index (Phi) is 10.8. The Balaban J connectivity index is 1.83. The zero-order chi connectivity index (χ0) is 20.9.